The molecule has 6 heteroatoms. The summed E-state index contributed by atoms with van der Waals surface area (Å²) >= 11 is 0. The van der Waals surface area contributed by atoms with E-state index >= 15 is 0 Å². The summed E-state index contributed by atoms with van der Waals surface area (Å²) in [6, 6.07) is 7.35. The fourth-order valence-corrected chi connectivity index (χ4v) is 1.70. The summed E-state index contributed by atoms with van der Waals surface area (Å²) in [7, 11) is 0. The van der Waals surface area contributed by atoms with Gasteiger partial charge in [-0.2, -0.15) is 0 Å². The van der Waals surface area contributed by atoms with Gasteiger partial charge in [-0.25, -0.2) is 9.78 Å². The van der Waals surface area contributed by atoms with Crippen LogP contribution in [0.1, 0.15) is 26.2 Å². The lowest BCUT2D eigenvalue weighted by Crippen LogP contribution is -2.35. The highest BCUT2D eigenvalue weighted by atomic mass is 16.5. The Kier molecular flexibility index (Phi) is 5.30. The fourth-order valence-electron chi connectivity index (χ4n) is 1.70. The highest BCUT2D eigenvalue weighted by molar-refractivity contribution is 5.89. The number of fused-ring (bicyclic) bond motifs is 1. The van der Waals surface area contributed by atoms with Gasteiger partial charge in [0.15, 0.2) is 12.2 Å². The Hall–Kier alpha value is -2.63. The number of para-hydroxylation sites is 2. The van der Waals surface area contributed by atoms with Crippen LogP contribution in [0.5, 0.6) is 0 Å². The van der Waals surface area contributed by atoms with Crippen molar-refractivity contribution in [2.75, 3.05) is 6.61 Å². The third-order valence-corrected chi connectivity index (χ3v) is 3.04. The number of rotatable bonds is 6. The van der Waals surface area contributed by atoms with E-state index in [1.54, 1.807) is 6.07 Å². The number of esters is 1. The standard InChI is InChI=1S/C16H18N2O4/c1-3-11(2)17-14(19)10-21-16(20)9-8-15-18-12-6-4-5-7-13(12)22-15/h4-9,11H,3,10H2,1-2H3,(H,17,19)/b9-8+/t11-/m1/s1. The number of carbonyl (C=O) groups is 2. The maximum Gasteiger partial charge on any atom is 0.331 e. The molecule has 1 aromatic heterocycles. The van der Waals surface area contributed by atoms with Gasteiger partial charge in [0.05, 0.1) is 0 Å². The molecule has 0 aliphatic rings. The molecule has 0 radical (unpaired) electrons. The Morgan fingerprint density at radius 2 is 2.18 bits per heavy atom. The van der Waals surface area contributed by atoms with E-state index in [4.69, 9.17) is 9.15 Å². The molecule has 1 amide bonds. The average molecular weight is 302 g/mol. The molecule has 116 valence electrons. The quantitative estimate of drug-likeness (QED) is 0.654. The molecule has 2 aromatic rings. The van der Waals surface area contributed by atoms with Crippen molar-refractivity contribution < 1.29 is 18.7 Å². The Labute approximate surface area is 128 Å². The van der Waals surface area contributed by atoms with Crippen molar-refractivity contribution in [3.05, 3.63) is 36.2 Å². The van der Waals surface area contributed by atoms with Crippen LogP contribution in [0.3, 0.4) is 0 Å². The molecule has 6 nitrogen and oxygen atoms in total. The first-order chi connectivity index (χ1) is 10.6. The van der Waals surface area contributed by atoms with E-state index in [9.17, 15) is 9.59 Å². The Morgan fingerprint density at radius 3 is 2.91 bits per heavy atom. The predicted molar refractivity (Wildman–Crippen MR) is 81.9 cm³/mol. The number of nitrogens with one attached hydrogen (secondary N) is 1. The number of hydrogen-bond donors (Lipinski definition) is 1. The Morgan fingerprint density at radius 1 is 1.41 bits per heavy atom. The number of ether oxygens (including phenoxy) is 1. The van der Waals surface area contributed by atoms with E-state index in [1.807, 2.05) is 32.0 Å². The van der Waals surface area contributed by atoms with Crippen LogP contribution in [-0.2, 0) is 14.3 Å². The van der Waals surface area contributed by atoms with Crippen LogP contribution < -0.4 is 5.32 Å². The van der Waals surface area contributed by atoms with Gasteiger partial charge in [0, 0.05) is 18.2 Å². The Bertz CT molecular complexity index is 657. The van der Waals surface area contributed by atoms with E-state index in [0.29, 0.717) is 17.0 Å². The molecule has 1 heterocycles. The van der Waals surface area contributed by atoms with Gasteiger partial charge in [0.25, 0.3) is 5.91 Å². The van der Waals surface area contributed by atoms with Crippen molar-refractivity contribution in [1.29, 1.82) is 0 Å². The number of nitrogens with zero attached hydrogens (tertiary/aromatic N) is 1. The molecule has 0 fully saturated rings. The summed E-state index contributed by atoms with van der Waals surface area (Å²) in [5, 5.41) is 2.71. The van der Waals surface area contributed by atoms with Gasteiger partial charge in [-0.15, -0.1) is 0 Å². The van der Waals surface area contributed by atoms with Crippen molar-refractivity contribution in [2.24, 2.45) is 0 Å². The highest BCUT2D eigenvalue weighted by Gasteiger charge is 2.08. The van der Waals surface area contributed by atoms with E-state index < -0.39 is 5.97 Å². The molecular weight excluding hydrogens is 284 g/mol. The lowest BCUT2D eigenvalue weighted by Gasteiger charge is -2.10. The van der Waals surface area contributed by atoms with Crippen molar-refractivity contribution in [3.8, 4) is 0 Å². The molecule has 2 rings (SSSR count). The Balaban J connectivity index is 1.85. The maximum absolute atomic E-state index is 11.5. The van der Waals surface area contributed by atoms with Crippen LogP contribution in [0, 0.1) is 0 Å². The van der Waals surface area contributed by atoms with Crippen LogP contribution >= 0.6 is 0 Å². The monoisotopic (exact) mass is 302 g/mol. The molecular formula is C16H18N2O4. The van der Waals surface area contributed by atoms with Crippen molar-refractivity contribution >= 4 is 29.1 Å². The molecule has 1 aromatic carbocycles. The minimum Gasteiger partial charge on any atom is -0.452 e. The number of carbonyl (C=O) groups excluding carboxylic acids is 2. The molecule has 0 aliphatic heterocycles. The maximum atomic E-state index is 11.5. The van der Waals surface area contributed by atoms with Crippen LogP contribution in [-0.4, -0.2) is 29.5 Å². The normalized spacial score (nSPS) is 12.5. The number of aromatic nitrogens is 1. The number of benzene rings is 1. The number of hydrogen-bond acceptors (Lipinski definition) is 5. The van der Waals surface area contributed by atoms with Crippen molar-refractivity contribution in [2.45, 2.75) is 26.3 Å². The molecule has 0 saturated carbocycles. The second-order valence-electron chi connectivity index (χ2n) is 4.84. The average Bonchev–Trinajstić information content (AvgIpc) is 2.93. The summed E-state index contributed by atoms with van der Waals surface area (Å²) in [5.74, 6) is -0.637. The molecule has 22 heavy (non-hydrogen) atoms. The largest absolute Gasteiger partial charge is 0.452 e. The van der Waals surface area contributed by atoms with Gasteiger partial charge < -0.3 is 14.5 Å². The first-order valence-electron chi connectivity index (χ1n) is 7.08. The lowest BCUT2D eigenvalue weighted by atomic mass is 10.2. The number of oxazole rings is 1. The fraction of sp³-hybridized carbons (Fsp3) is 0.312. The third kappa shape index (κ3) is 4.44. The third-order valence-electron chi connectivity index (χ3n) is 3.04. The zero-order valence-corrected chi connectivity index (χ0v) is 12.5. The predicted octanol–water partition coefficient (Wildman–Crippen LogP) is 2.30. The molecule has 0 bridgehead atoms. The molecule has 0 spiro atoms. The van der Waals surface area contributed by atoms with Crippen molar-refractivity contribution in [1.82, 2.24) is 10.3 Å². The molecule has 1 N–H and O–H groups in total. The van der Waals surface area contributed by atoms with Crippen molar-refractivity contribution in [3.63, 3.8) is 0 Å². The molecule has 0 aliphatic carbocycles. The van der Waals surface area contributed by atoms with Gasteiger partial charge >= 0.3 is 5.97 Å². The van der Waals surface area contributed by atoms with E-state index in [1.165, 1.54) is 12.2 Å². The van der Waals surface area contributed by atoms with E-state index in [-0.39, 0.29) is 18.6 Å². The summed E-state index contributed by atoms with van der Waals surface area (Å²) in [6.45, 7) is 3.54. The summed E-state index contributed by atoms with van der Waals surface area (Å²) in [4.78, 5) is 27.2. The summed E-state index contributed by atoms with van der Waals surface area (Å²) in [6.07, 6.45) is 3.41. The van der Waals surface area contributed by atoms with Gasteiger partial charge in [0.1, 0.15) is 5.52 Å². The molecule has 0 saturated heterocycles. The van der Waals surface area contributed by atoms with Gasteiger partial charge in [-0.3, -0.25) is 4.79 Å². The minimum absolute atomic E-state index is 0.0569. The van der Waals surface area contributed by atoms with E-state index in [2.05, 4.69) is 10.3 Å². The molecule has 0 unspecified atom stereocenters. The SMILES string of the molecule is CC[C@@H](C)NC(=O)COC(=O)/C=C/c1nc2ccccc2o1. The van der Waals surface area contributed by atoms with E-state index in [0.717, 1.165) is 6.42 Å². The van der Waals surface area contributed by atoms with Gasteiger partial charge in [-0.05, 0) is 25.5 Å². The second-order valence-corrected chi connectivity index (χ2v) is 4.84. The van der Waals surface area contributed by atoms with Crippen LogP contribution in [0.2, 0.25) is 0 Å². The molecule has 1 atom stereocenters. The zero-order valence-electron chi connectivity index (χ0n) is 12.5. The van der Waals surface area contributed by atoms with Gasteiger partial charge in [0.2, 0.25) is 5.89 Å². The summed E-state index contributed by atoms with van der Waals surface area (Å²) < 4.78 is 10.3. The second kappa shape index (κ2) is 7.40. The van der Waals surface area contributed by atoms with Crippen LogP contribution in [0.4, 0.5) is 0 Å². The minimum atomic E-state index is -0.624. The summed E-state index contributed by atoms with van der Waals surface area (Å²) in [5.41, 5.74) is 1.35. The zero-order chi connectivity index (χ0) is 15.9. The first kappa shape index (κ1) is 15.8. The van der Waals surface area contributed by atoms with Crippen LogP contribution in [0.15, 0.2) is 34.8 Å². The number of amides is 1. The topological polar surface area (TPSA) is 81.4 Å². The van der Waals surface area contributed by atoms with Crippen LogP contribution in [0.25, 0.3) is 17.2 Å². The first-order valence-corrected chi connectivity index (χ1v) is 7.08. The highest BCUT2D eigenvalue weighted by Crippen LogP contribution is 2.15. The lowest BCUT2D eigenvalue weighted by molar-refractivity contribution is -0.144. The smallest absolute Gasteiger partial charge is 0.331 e. The van der Waals surface area contributed by atoms with Gasteiger partial charge in [-0.1, -0.05) is 19.1 Å².